The lowest BCUT2D eigenvalue weighted by Gasteiger charge is -2.23. The summed E-state index contributed by atoms with van der Waals surface area (Å²) in [6.45, 7) is 4.90. The first-order chi connectivity index (χ1) is 8.79. The third-order valence-electron chi connectivity index (χ3n) is 2.53. The Bertz CT molecular complexity index is 334. The maximum Gasteiger partial charge on any atom is 0.326 e. The van der Waals surface area contributed by atoms with Crippen LogP contribution in [0.2, 0.25) is 0 Å². The number of carbonyl (C=O) groups excluding carboxylic acids is 2. The predicted octanol–water partition coefficient (Wildman–Crippen LogP) is 0.470. The molecule has 2 amide bonds. The summed E-state index contributed by atoms with van der Waals surface area (Å²) in [4.78, 5) is 34.1. The van der Waals surface area contributed by atoms with Gasteiger partial charge in [-0.3, -0.25) is 9.59 Å². The smallest absolute Gasteiger partial charge is 0.326 e. The zero-order chi connectivity index (χ0) is 15.0. The molecule has 0 aliphatic heterocycles. The van der Waals surface area contributed by atoms with E-state index >= 15 is 0 Å². The highest BCUT2D eigenvalue weighted by atomic mass is 32.2. The van der Waals surface area contributed by atoms with Gasteiger partial charge in [0.05, 0.1) is 0 Å². The zero-order valence-corrected chi connectivity index (χ0v) is 12.5. The van der Waals surface area contributed by atoms with Crippen molar-refractivity contribution in [1.82, 2.24) is 10.6 Å². The van der Waals surface area contributed by atoms with Crippen LogP contribution in [-0.2, 0) is 14.4 Å². The second-order valence-corrected chi connectivity index (χ2v) is 5.59. The van der Waals surface area contributed by atoms with Crippen LogP contribution in [-0.4, -0.2) is 47.0 Å². The average Bonchev–Trinajstić information content (AvgIpc) is 2.30. The number of carbonyl (C=O) groups is 3. The van der Waals surface area contributed by atoms with Crippen molar-refractivity contribution >= 4 is 29.5 Å². The first-order valence-electron chi connectivity index (χ1n) is 6.08. The second kappa shape index (κ2) is 8.79. The van der Waals surface area contributed by atoms with Gasteiger partial charge in [0, 0.05) is 6.92 Å². The molecule has 0 heterocycles. The van der Waals surface area contributed by atoms with Crippen molar-refractivity contribution in [2.24, 2.45) is 5.92 Å². The Hall–Kier alpha value is -1.24. The van der Waals surface area contributed by atoms with E-state index in [2.05, 4.69) is 10.6 Å². The van der Waals surface area contributed by atoms with Crippen molar-refractivity contribution < 1.29 is 19.5 Å². The van der Waals surface area contributed by atoms with Gasteiger partial charge in [-0.15, -0.1) is 0 Å². The number of thioether (sulfide) groups is 1. The van der Waals surface area contributed by atoms with Crippen molar-refractivity contribution in [3.05, 3.63) is 0 Å². The van der Waals surface area contributed by atoms with Gasteiger partial charge in [0.2, 0.25) is 11.8 Å². The van der Waals surface area contributed by atoms with Crippen LogP contribution in [0.15, 0.2) is 0 Å². The molecular weight excluding hydrogens is 268 g/mol. The monoisotopic (exact) mass is 290 g/mol. The van der Waals surface area contributed by atoms with Crippen LogP contribution in [0.1, 0.15) is 27.2 Å². The van der Waals surface area contributed by atoms with Crippen molar-refractivity contribution in [2.75, 3.05) is 12.0 Å². The SMILES string of the molecule is CSCC[C@H](NC(=O)C(NC(C)=O)C(C)C)C(=O)O. The molecule has 3 N–H and O–H groups in total. The molecular formula is C12H22N2O4S. The molecule has 0 radical (unpaired) electrons. The molecule has 0 aromatic carbocycles. The fourth-order valence-corrected chi connectivity index (χ4v) is 1.98. The fourth-order valence-electron chi connectivity index (χ4n) is 1.51. The maximum absolute atomic E-state index is 12.0. The summed E-state index contributed by atoms with van der Waals surface area (Å²) in [5, 5.41) is 14.0. The van der Waals surface area contributed by atoms with Gasteiger partial charge in [0.15, 0.2) is 0 Å². The van der Waals surface area contributed by atoms with E-state index in [9.17, 15) is 14.4 Å². The Kier molecular flexibility index (Phi) is 8.22. The van der Waals surface area contributed by atoms with Crippen LogP contribution in [0.25, 0.3) is 0 Å². The Balaban J connectivity index is 4.65. The number of carboxylic acids is 1. The first kappa shape index (κ1) is 17.8. The molecule has 0 spiro atoms. The van der Waals surface area contributed by atoms with Gasteiger partial charge in [0.1, 0.15) is 12.1 Å². The quantitative estimate of drug-likeness (QED) is 0.604. The lowest BCUT2D eigenvalue weighted by molar-refractivity contribution is -0.142. The van der Waals surface area contributed by atoms with E-state index < -0.39 is 24.0 Å². The molecule has 110 valence electrons. The largest absolute Gasteiger partial charge is 0.480 e. The van der Waals surface area contributed by atoms with Crippen molar-refractivity contribution in [2.45, 2.75) is 39.3 Å². The van der Waals surface area contributed by atoms with E-state index in [1.165, 1.54) is 18.7 Å². The van der Waals surface area contributed by atoms with Crippen LogP contribution in [0.4, 0.5) is 0 Å². The number of amides is 2. The molecule has 19 heavy (non-hydrogen) atoms. The van der Waals surface area contributed by atoms with E-state index in [4.69, 9.17) is 5.11 Å². The summed E-state index contributed by atoms with van der Waals surface area (Å²) >= 11 is 1.52. The third-order valence-corrected chi connectivity index (χ3v) is 3.18. The van der Waals surface area contributed by atoms with E-state index in [1.807, 2.05) is 6.26 Å². The lowest BCUT2D eigenvalue weighted by Crippen LogP contribution is -2.53. The molecule has 0 aromatic rings. The number of rotatable bonds is 8. The van der Waals surface area contributed by atoms with Crippen LogP contribution in [0.3, 0.4) is 0 Å². The van der Waals surface area contributed by atoms with Gasteiger partial charge < -0.3 is 15.7 Å². The van der Waals surface area contributed by atoms with Gasteiger partial charge in [-0.1, -0.05) is 13.8 Å². The molecule has 2 atom stereocenters. The summed E-state index contributed by atoms with van der Waals surface area (Å²) in [6.07, 6.45) is 2.22. The summed E-state index contributed by atoms with van der Waals surface area (Å²) in [7, 11) is 0. The molecule has 0 saturated heterocycles. The zero-order valence-electron chi connectivity index (χ0n) is 11.7. The normalized spacial score (nSPS) is 13.7. The topological polar surface area (TPSA) is 95.5 Å². The predicted molar refractivity (Wildman–Crippen MR) is 75.0 cm³/mol. The van der Waals surface area contributed by atoms with E-state index in [0.717, 1.165) is 0 Å². The highest BCUT2D eigenvalue weighted by Crippen LogP contribution is 2.05. The average molecular weight is 290 g/mol. The van der Waals surface area contributed by atoms with E-state index in [1.54, 1.807) is 13.8 Å². The molecule has 6 nitrogen and oxygen atoms in total. The minimum Gasteiger partial charge on any atom is -0.480 e. The number of hydrogen-bond donors (Lipinski definition) is 3. The Morgan fingerprint density at radius 2 is 1.79 bits per heavy atom. The highest BCUT2D eigenvalue weighted by molar-refractivity contribution is 7.98. The number of carboxylic acid groups (broad SMARTS) is 1. The van der Waals surface area contributed by atoms with Gasteiger partial charge in [-0.25, -0.2) is 4.79 Å². The molecule has 1 unspecified atom stereocenters. The van der Waals surface area contributed by atoms with E-state index in [-0.39, 0.29) is 11.8 Å². The van der Waals surface area contributed by atoms with Crippen LogP contribution in [0.5, 0.6) is 0 Å². The molecule has 0 bridgehead atoms. The Morgan fingerprint density at radius 3 is 2.16 bits per heavy atom. The van der Waals surface area contributed by atoms with Gasteiger partial charge in [0.25, 0.3) is 0 Å². The summed E-state index contributed by atoms with van der Waals surface area (Å²) in [5.74, 6) is -1.31. The summed E-state index contributed by atoms with van der Waals surface area (Å²) in [6, 6.07) is -1.64. The van der Waals surface area contributed by atoms with Gasteiger partial charge in [-0.05, 0) is 24.3 Å². The summed E-state index contributed by atoms with van der Waals surface area (Å²) < 4.78 is 0. The number of nitrogens with one attached hydrogen (secondary N) is 2. The Morgan fingerprint density at radius 1 is 1.21 bits per heavy atom. The third kappa shape index (κ3) is 7.05. The fraction of sp³-hybridized carbons (Fsp3) is 0.750. The summed E-state index contributed by atoms with van der Waals surface area (Å²) in [5.41, 5.74) is 0. The van der Waals surface area contributed by atoms with Crippen molar-refractivity contribution in [1.29, 1.82) is 0 Å². The molecule has 0 aromatic heterocycles. The highest BCUT2D eigenvalue weighted by Gasteiger charge is 2.27. The standard InChI is InChI=1S/C12H22N2O4S/c1-7(2)10(13-8(3)15)11(16)14-9(12(17)18)5-6-19-4/h7,9-10H,5-6H2,1-4H3,(H,13,15)(H,14,16)(H,17,18)/t9-,10?/m0/s1. The minimum atomic E-state index is -1.06. The molecule has 0 aliphatic carbocycles. The Labute approximate surface area is 117 Å². The molecule has 0 saturated carbocycles. The number of hydrogen-bond acceptors (Lipinski definition) is 4. The minimum absolute atomic E-state index is 0.112. The van der Waals surface area contributed by atoms with Crippen LogP contribution < -0.4 is 10.6 Å². The van der Waals surface area contributed by atoms with E-state index in [0.29, 0.717) is 12.2 Å². The molecule has 0 fully saturated rings. The second-order valence-electron chi connectivity index (χ2n) is 4.60. The molecule has 0 aliphatic rings. The lowest BCUT2D eigenvalue weighted by atomic mass is 10.0. The number of aliphatic carboxylic acids is 1. The van der Waals surface area contributed by atoms with Gasteiger partial charge >= 0.3 is 5.97 Å². The van der Waals surface area contributed by atoms with Crippen LogP contribution in [0, 0.1) is 5.92 Å². The van der Waals surface area contributed by atoms with Crippen LogP contribution >= 0.6 is 11.8 Å². The van der Waals surface area contributed by atoms with Crippen molar-refractivity contribution in [3.8, 4) is 0 Å². The maximum atomic E-state index is 12.0. The first-order valence-corrected chi connectivity index (χ1v) is 7.48. The van der Waals surface area contributed by atoms with Crippen molar-refractivity contribution in [3.63, 3.8) is 0 Å². The molecule has 0 rings (SSSR count). The molecule has 7 heteroatoms. The van der Waals surface area contributed by atoms with Gasteiger partial charge in [-0.2, -0.15) is 11.8 Å².